The standard InChI is InChI=1S/C16H16O/c1-2-13-7-3-4-8-14(13)11-12-15-9-5-6-10-16(15)17/h3-12,17H,2H2,1H3/b12-11+. The molecule has 0 unspecified atom stereocenters. The van der Waals surface area contributed by atoms with E-state index in [0.717, 1.165) is 12.0 Å². The van der Waals surface area contributed by atoms with Crippen molar-refractivity contribution < 1.29 is 5.11 Å². The quantitative estimate of drug-likeness (QED) is 0.777. The van der Waals surface area contributed by atoms with Crippen LogP contribution in [0.2, 0.25) is 0 Å². The molecule has 1 nitrogen and oxygen atoms in total. The van der Waals surface area contributed by atoms with Gasteiger partial charge in [-0.25, -0.2) is 0 Å². The van der Waals surface area contributed by atoms with Gasteiger partial charge in [-0.05, 0) is 23.6 Å². The molecule has 0 bridgehead atoms. The topological polar surface area (TPSA) is 20.2 Å². The summed E-state index contributed by atoms with van der Waals surface area (Å²) in [5.41, 5.74) is 3.37. The Hall–Kier alpha value is -2.02. The monoisotopic (exact) mass is 224 g/mol. The number of aryl methyl sites for hydroxylation is 1. The van der Waals surface area contributed by atoms with Crippen molar-refractivity contribution in [3.8, 4) is 5.75 Å². The van der Waals surface area contributed by atoms with Crippen LogP contribution in [0.15, 0.2) is 48.5 Å². The molecule has 0 amide bonds. The number of hydrogen-bond donors (Lipinski definition) is 1. The van der Waals surface area contributed by atoms with Gasteiger partial charge in [0.1, 0.15) is 5.75 Å². The minimum absolute atomic E-state index is 0.317. The van der Waals surface area contributed by atoms with Crippen LogP contribution in [0.25, 0.3) is 12.2 Å². The van der Waals surface area contributed by atoms with Crippen LogP contribution in [0.4, 0.5) is 0 Å². The van der Waals surface area contributed by atoms with Gasteiger partial charge in [-0.2, -0.15) is 0 Å². The van der Waals surface area contributed by atoms with Crippen LogP contribution < -0.4 is 0 Å². The van der Waals surface area contributed by atoms with E-state index in [4.69, 9.17) is 0 Å². The first kappa shape index (κ1) is 11.5. The van der Waals surface area contributed by atoms with Gasteiger partial charge in [0.25, 0.3) is 0 Å². The minimum atomic E-state index is 0.317. The van der Waals surface area contributed by atoms with Crippen LogP contribution in [-0.2, 0) is 6.42 Å². The predicted molar refractivity (Wildman–Crippen MR) is 72.9 cm³/mol. The van der Waals surface area contributed by atoms with Crippen LogP contribution in [-0.4, -0.2) is 5.11 Å². The summed E-state index contributed by atoms with van der Waals surface area (Å²) in [5, 5.41) is 9.66. The van der Waals surface area contributed by atoms with Crippen LogP contribution in [0.3, 0.4) is 0 Å². The van der Waals surface area contributed by atoms with Gasteiger partial charge in [0.2, 0.25) is 0 Å². The molecule has 17 heavy (non-hydrogen) atoms. The molecule has 86 valence electrons. The van der Waals surface area contributed by atoms with Gasteiger partial charge < -0.3 is 5.11 Å². The lowest BCUT2D eigenvalue weighted by molar-refractivity contribution is 0.474. The number of aromatic hydroxyl groups is 1. The van der Waals surface area contributed by atoms with E-state index in [1.807, 2.05) is 36.4 Å². The molecule has 0 spiro atoms. The maximum atomic E-state index is 9.66. The summed E-state index contributed by atoms with van der Waals surface area (Å²) in [5.74, 6) is 0.317. The Morgan fingerprint density at radius 1 is 0.882 bits per heavy atom. The van der Waals surface area contributed by atoms with Gasteiger partial charge in [0, 0.05) is 5.56 Å². The highest BCUT2D eigenvalue weighted by molar-refractivity contribution is 5.73. The molecule has 0 aliphatic carbocycles. The third kappa shape index (κ3) is 2.76. The Morgan fingerprint density at radius 3 is 2.18 bits per heavy atom. The van der Waals surface area contributed by atoms with E-state index in [2.05, 4.69) is 25.1 Å². The van der Waals surface area contributed by atoms with Crippen molar-refractivity contribution in [1.82, 2.24) is 0 Å². The zero-order chi connectivity index (χ0) is 12.1. The summed E-state index contributed by atoms with van der Waals surface area (Å²) in [4.78, 5) is 0. The van der Waals surface area contributed by atoms with Crippen molar-refractivity contribution in [2.24, 2.45) is 0 Å². The van der Waals surface area contributed by atoms with Crippen molar-refractivity contribution in [3.63, 3.8) is 0 Å². The van der Waals surface area contributed by atoms with E-state index >= 15 is 0 Å². The van der Waals surface area contributed by atoms with Crippen LogP contribution in [0.1, 0.15) is 23.6 Å². The summed E-state index contributed by atoms with van der Waals surface area (Å²) in [6, 6.07) is 15.7. The van der Waals surface area contributed by atoms with E-state index in [1.165, 1.54) is 11.1 Å². The van der Waals surface area contributed by atoms with Gasteiger partial charge in [-0.1, -0.05) is 61.5 Å². The molecule has 0 radical (unpaired) electrons. The highest BCUT2D eigenvalue weighted by Crippen LogP contribution is 2.19. The second kappa shape index (κ2) is 5.35. The van der Waals surface area contributed by atoms with Gasteiger partial charge in [-0.3, -0.25) is 0 Å². The van der Waals surface area contributed by atoms with Gasteiger partial charge >= 0.3 is 0 Å². The number of phenols is 1. The molecule has 0 saturated carbocycles. The predicted octanol–water partition coefficient (Wildman–Crippen LogP) is 4.13. The maximum absolute atomic E-state index is 9.66. The molecule has 0 fully saturated rings. The van der Waals surface area contributed by atoms with Crippen molar-refractivity contribution in [2.45, 2.75) is 13.3 Å². The second-order valence-electron chi connectivity index (χ2n) is 3.94. The first-order valence-corrected chi connectivity index (χ1v) is 5.85. The lowest BCUT2D eigenvalue weighted by atomic mass is 10.0. The molecular formula is C16H16O. The minimum Gasteiger partial charge on any atom is -0.507 e. The molecule has 2 rings (SSSR count). The zero-order valence-corrected chi connectivity index (χ0v) is 9.93. The molecule has 2 aromatic rings. The van der Waals surface area contributed by atoms with E-state index < -0.39 is 0 Å². The molecular weight excluding hydrogens is 208 g/mol. The number of phenolic OH excluding ortho intramolecular Hbond substituents is 1. The average molecular weight is 224 g/mol. The fourth-order valence-electron chi connectivity index (χ4n) is 1.83. The smallest absolute Gasteiger partial charge is 0.122 e. The average Bonchev–Trinajstić information content (AvgIpc) is 2.38. The Morgan fingerprint density at radius 2 is 1.47 bits per heavy atom. The molecule has 0 aliphatic rings. The van der Waals surface area contributed by atoms with Gasteiger partial charge in [0.15, 0.2) is 0 Å². The Kier molecular flexibility index (Phi) is 3.61. The third-order valence-corrected chi connectivity index (χ3v) is 2.82. The Labute approximate surface area is 102 Å². The SMILES string of the molecule is CCc1ccccc1/C=C/c1ccccc1O. The molecule has 1 N–H and O–H groups in total. The molecule has 0 saturated heterocycles. The molecule has 0 atom stereocenters. The van der Waals surface area contributed by atoms with E-state index in [-0.39, 0.29) is 0 Å². The van der Waals surface area contributed by atoms with E-state index in [0.29, 0.717) is 5.75 Å². The van der Waals surface area contributed by atoms with Crippen molar-refractivity contribution in [2.75, 3.05) is 0 Å². The highest BCUT2D eigenvalue weighted by atomic mass is 16.3. The largest absolute Gasteiger partial charge is 0.507 e. The summed E-state index contributed by atoms with van der Waals surface area (Å²) in [7, 11) is 0. The fourth-order valence-corrected chi connectivity index (χ4v) is 1.83. The maximum Gasteiger partial charge on any atom is 0.122 e. The molecule has 1 heteroatoms. The molecule has 0 aliphatic heterocycles. The third-order valence-electron chi connectivity index (χ3n) is 2.82. The van der Waals surface area contributed by atoms with E-state index in [9.17, 15) is 5.11 Å². The summed E-state index contributed by atoms with van der Waals surface area (Å²) in [6.07, 6.45) is 5.01. The fraction of sp³-hybridized carbons (Fsp3) is 0.125. The lowest BCUT2D eigenvalue weighted by Gasteiger charge is -2.02. The van der Waals surface area contributed by atoms with Crippen LogP contribution in [0.5, 0.6) is 5.75 Å². The summed E-state index contributed by atoms with van der Waals surface area (Å²) < 4.78 is 0. The van der Waals surface area contributed by atoms with Gasteiger partial charge in [-0.15, -0.1) is 0 Å². The zero-order valence-electron chi connectivity index (χ0n) is 9.93. The second-order valence-corrected chi connectivity index (χ2v) is 3.94. The molecule has 2 aromatic carbocycles. The summed E-state index contributed by atoms with van der Waals surface area (Å²) >= 11 is 0. The number of rotatable bonds is 3. The van der Waals surface area contributed by atoms with Crippen LogP contribution in [0, 0.1) is 0 Å². The number of para-hydroxylation sites is 1. The van der Waals surface area contributed by atoms with Crippen molar-refractivity contribution in [3.05, 3.63) is 65.2 Å². The van der Waals surface area contributed by atoms with Crippen molar-refractivity contribution >= 4 is 12.2 Å². The number of hydrogen-bond acceptors (Lipinski definition) is 1. The molecule has 0 heterocycles. The molecule has 0 aromatic heterocycles. The summed E-state index contributed by atoms with van der Waals surface area (Å²) in [6.45, 7) is 2.15. The first-order chi connectivity index (χ1) is 8.31. The Bertz CT molecular complexity index is 527. The van der Waals surface area contributed by atoms with E-state index in [1.54, 1.807) is 6.07 Å². The Balaban J connectivity index is 2.29. The van der Waals surface area contributed by atoms with Crippen LogP contribution >= 0.6 is 0 Å². The normalized spacial score (nSPS) is 10.9. The first-order valence-electron chi connectivity index (χ1n) is 5.85. The van der Waals surface area contributed by atoms with Gasteiger partial charge in [0.05, 0.1) is 0 Å². The lowest BCUT2D eigenvalue weighted by Crippen LogP contribution is -1.84. The number of benzene rings is 2. The van der Waals surface area contributed by atoms with Crippen molar-refractivity contribution in [1.29, 1.82) is 0 Å². The highest BCUT2D eigenvalue weighted by Gasteiger charge is 1.97.